The van der Waals surface area contributed by atoms with Gasteiger partial charge in [0.05, 0.1) is 6.10 Å². The molecule has 0 aliphatic heterocycles. The number of hydrogen-bond acceptors (Lipinski definition) is 1. The lowest BCUT2D eigenvalue weighted by molar-refractivity contribution is 0.0739. The molecule has 2 aliphatic carbocycles. The third-order valence-electron chi connectivity index (χ3n) is 4.95. The smallest absolute Gasteiger partial charge is 0.0823 e. The Morgan fingerprint density at radius 1 is 1.18 bits per heavy atom. The summed E-state index contributed by atoms with van der Waals surface area (Å²) in [5.41, 5.74) is 3.67. The molecular formula is C16H22O. The Kier molecular flexibility index (Phi) is 2.74. The highest BCUT2D eigenvalue weighted by atomic mass is 16.3. The predicted molar refractivity (Wildman–Crippen MR) is 69.8 cm³/mol. The largest absolute Gasteiger partial charge is 0.388 e. The molecule has 0 spiro atoms. The van der Waals surface area contributed by atoms with Crippen LogP contribution in [0.3, 0.4) is 0 Å². The average Bonchev–Trinajstić information content (AvgIpc) is 2.93. The lowest BCUT2D eigenvalue weighted by atomic mass is 9.81. The summed E-state index contributed by atoms with van der Waals surface area (Å²) in [5, 5.41) is 10.6. The molecule has 1 aromatic rings. The molecule has 3 rings (SSSR count). The first-order chi connectivity index (χ1) is 8.15. The Bertz CT molecular complexity index is 424. The summed E-state index contributed by atoms with van der Waals surface area (Å²) in [6.45, 7) is 4.22. The fourth-order valence-corrected chi connectivity index (χ4v) is 3.99. The van der Waals surface area contributed by atoms with Crippen molar-refractivity contribution in [3.05, 3.63) is 34.9 Å². The van der Waals surface area contributed by atoms with Crippen LogP contribution in [0.5, 0.6) is 0 Å². The van der Waals surface area contributed by atoms with Crippen molar-refractivity contribution in [2.75, 3.05) is 0 Å². The van der Waals surface area contributed by atoms with Gasteiger partial charge in [-0.25, -0.2) is 0 Å². The number of fused-ring (bicyclic) bond motifs is 2. The van der Waals surface area contributed by atoms with Gasteiger partial charge in [0, 0.05) is 0 Å². The molecule has 1 aromatic carbocycles. The van der Waals surface area contributed by atoms with Crippen LogP contribution in [0, 0.1) is 31.6 Å². The zero-order valence-electron chi connectivity index (χ0n) is 10.8. The van der Waals surface area contributed by atoms with Crippen molar-refractivity contribution >= 4 is 0 Å². The summed E-state index contributed by atoms with van der Waals surface area (Å²) in [5.74, 6) is 2.22. The number of aliphatic hydroxyl groups is 1. The van der Waals surface area contributed by atoms with E-state index in [1.54, 1.807) is 0 Å². The highest BCUT2D eigenvalue weighted by Gasteiger charge is 2.43. The highest BCUT2D eigenvalue weighted by molar-refractivity contribution is 5.32. The molecule has 0 saturated heterocycles. The topological polar surface area (TPSA) is 20.2 Å². The Balaban J connectivity index is 1.86. The summed E-state index contributed by atoms with van der Waals surface area (Å²) in [4.78, 5) is 0. The third kappa shape index (κ3) is 1.91. The van der Waals surface area contributed by atoms with Crippen LogP contribution < -0.4 is 0 Å². The number of aryl methyl sites for hydroxylation is 2. The monoisotopic (exact) mass is 230 g/mol. The lowest BCUT2D eigenvalue weighted by Gasteiger charge is -2.28. The Hall–Kier alpha value is -0.820. The van der Waals surface area contributed by atoms with Crippen molar-refractivity contribution in [1.82, 2.24) is 0 Å². The van der Waals surface area contributed by atoms with Crippen molar-refractivity contribution in [2.45, 2.75) is 45.6 Å². The van der Waals surface area contributed by atoms with Crippen molar-refractivity contribution < 1.29 is 5.11 Å². The van der Waals surface area contributed by atoms with Gasteiger partial charge in [0.1, 0.15) is 0 Å². The first-order valence-electron chi connectivity index (χ1n) is 6.90. The zero-order chi connectivity index (χ0) is 12.0. The summed E-state index contributed by atoms with van der Waals surface area (Å²) >= 11 is 0. The van der Waals surface area contributed by atoms with Crippen molar-refractivity contribution in [1.29, 1.82) is 0 Å². The van der Waals surface area contributed by atoms with E-state index in [1.165, 1.54) is 42.4 Å². The maximum Gasteiger partial charge on any atom is 0.0823 e. The first-order valence-corrected chi connectivity index (χ1v) is 6.90. The summed E-state index contributed by atoms with van der Waals surface area (Å²) in [7, 11) is 0. The standard InChI is InChI=1S/C16H22O/c1-10-3-4-11(2)14(7-10)16(17)15-9-12-5-6-13(15)8-12/h3-4,7,12-13,15-17H,5-6,8-9H2,1-2H3. The van der Waals surface area contributed by atoms with E-state index < -0.39 is 0 Å². The van der Waals surface area contributed by atoms with Gasteiger partial charge in [0.25, 0.3) is 0 Å². The van der Waals surface area contributed by atoms with E-state index in [9.17, 15) is 5.11 Å². The number of hydrogen-bond donors (Lipinski definition) is 1. The minimum Gasteiger partial charge on any atom is -0.388 e. The lowest BCUT2D eigenvalue weighted by Crippen LogP contribution is -2.19. The highest BCUT2D eigenvalue weighted by Crippen LogP contribution is 2.52. The third-order valence-corrected chi connectivity index (χ3v) is 4.95. The first kappa shape index (κ1) is 11.3. The SMILES string of the molecule is Cc1ccc(C)c(C(O)C2CC3CCC2C3)c1. The molecule has 0 amide bonds. The van der Waals surface area contributed by atoms with Gasteiger partial charge in [-0.05, 0) is 62.0 Å². The molecule has 0 heterocycles. The maximum absolute atomic E-state index is 10.6. The molecule has 4 unspecified atom stereocenters. The van der Waals surface area contributed by atoms with Crippen LogP contribution in [0.15, 0.2) is 18.2 Å². The van der Waals surface area contributed by atoms with Crippen molar-refractivity contribution in [3.8, 4) is 0 Å². The van der Waals surface area contributed by atoms with E-state index in [4.69, 9.17) is 0 Å². The molecule has 2 bridgehead atoms. The van der Waals surface area contributed by atoms with Crippen LogP contribution in [0.1, 0.15) is 48.5 Å². The number of aliphatic hydroxyl groups excluding tert-OH is 1. The fourth-order valence-electron chi connectivity index (χ4n) is 3.99. The van der Waals surface area contributed by atoms with Crippen LogP contribution in [0.4, 0.5) is 0 Å². The minimum absolute atomic E-state index is 0.231. The molecule has 2 fully saturated rings. The number of benzene rings is 1. The second kappa shape index (κ2) is 4.13. The van der Waals surface area contributed by atoms with Gasteiger partial charge in [-0.15, -0.1) is 0 Å². The van der Waals surface area contributed by atoms with Gasteiger partial charge in [-0.2, -0.15) is 0 Å². The molecule has 1 N–H and O–H groups in total. The quantitative estimate of drug-likeness (QED) is 0.820. The number of rotatable bonds is 2. The molecule has 4 atom stereocenters. The Labute approximate surface area is 104 Å². The van der Waals surface area contributed by atoms with Gasteiger partial charge < -0.3 is 5.11 Å². The van der Waals surface area contributed by atoms with Gasteiger partial charge in [-0.1, -0.05) is 30.2 Å². The van der Waals surface area contributed by atoms with Gasteiger partial charge in [-0.3, -0.25) is 0 Å². The molecular weight excluding hydrogens is 208 g/mol. The second-order valence-electron chi connectivity index (χ2n) is 6.14. The summed E-state index contributed by atoms with van der Waals surface area (Å²) < 4.78 is 0. The summed E-state index contributed by atoms with van der Waals surface area (Å²) in [6.07, 6.45) is 5.13. The molecule has 2 aliphatic rings. The maximum atomic E-state index is 10.6. The normalized spacial score (nSPS) is 33.0. The average molecular weight is 230 g/mol. The molecule has 17 heavy (non-hydrogen) atoms. The predicted octanol–water partition coefficient (Wildman–Crippen LogP) is 3.77. The minimum atomic E-state index is -0.231. The van der Waals surface area contributed by atoms with Crippen LogP contribution in [0.2, 0.25) is 0 Å². The second-order valence-corrected chi connectivity index (χ2v) is 6.14. The van der Waals surface area contributed by atoms with E-state index in [0.29, 0.717) is 5.92 Å². The van der Waals surface area contributed by atoms with E-state index >= 15 is 0 Å². The van der Waals surface area contributed by atoms with Crippen molar-refractivity contribution in [2.24, 2.45) is 17.8 Å². The van der Waals surface area contributed by atoms with Crippen LogP contribution in [-0.4, -0.2) is 5.11 Å². The summed E-state index contributed by atoms with van der Waals surface area (Å²) in [6, 6.07) is 6.44. The van der Waals surface area contributed by atoms with Crippen LogP contribution in [-0.2, 0) is 0 Å². The van der Waals surface area contributed by atoms with Gasteiger partial charge >= 0.3 is 0 Å². The van der Waals surface area contributed by atoms with Crippen molar-refractivity contribution in [3.63, 3.8) is 0 Å². The fraction of sp³-hybridized carbons (Fsp3) is 0.625. The van der Waals surface area contributed by atoms with E-state index in [0.717, 1.165) is 11.8 Å². The van der Waals surface area contributed by atoms with E-state index in [1.807, 2.05) is 0 Å². The Morgan fingerprint density at radius 2 is 2.00 bits per heavy atom. The molecule has 1 heteroatoms. The van der Waals surface area contributed by atoms with E-state index in [-0.39, 0.29) is 6.10 Å². The molecule has 0 radical (unpaired) electrons. The molecule has 0 aromatic heterocycles. The molecule has 2 saturated carbocycles. The van der Waals surface area contributed by atoms with Gasteiger partial charge in [0.2, 0.25) is 0 Å². The molecule has 92 valence electrons. The Morgan fingerprint density at radius 3 is 2.65 bits per heavy atom. The van der Waals surface area contributed by atoms with Crippen LogP contribution >= 0.6 is 0 Å². The molecule has 1 nitrogen and oxygen atoms in total. The van der Waals surface area contributed by atoms with Crippen LogP contribution in [0.25, 0.3) is 0 Å². The zero-order valence-corrected chi connectivity index (χ0v) is 10.8. The van der Waals surface area contributed by atoms with Gasteiger partial charge in [0.15, 0.2) is 0 Å². The van der Waals surface area contributed by atoms with E-state index in [2.05, 4.69) is 32.0 Å².